The smallest absolute Gasteiger partial charge is 0.109 e. The van der Waals surface area contributed by atoms with Crippen molar-refractivity contribution in [2.75, 3.05) is 19.6 Å². The number of hydrogen-bond acceptors (Lipinski definition) is 4. The number of hydrogen-bond donors (Lipinski definition) is 2. The lowest BCUT2D eigenvalue weighted by molar-refractivity contribution is 0.399. The average Bonchev–Trinajstić information content (AvgIpc) is 2.85. The van der Waals surface area contributed by atoms with E-state index in [0.29, 0.717) is 6.04 Å². The zero-order chi connectivity index (χ0) is 10.7. The van der Waals surface area contributed by atoms with Crippen molar-refractivity contribution in [3.63, 3.8) is 0 Å². The Morgan fingerprint density at radius 3 is 3.13 bits per heavy atom. The molecule has 0 aromatic carbocycles. The Kier molecular flexibility index (Phi) is 3.72. The Bertz CT molecular complexity index is 286. The third-order valence-corrected chi connectivity index (χ3v) is 4.14. The molecular formula is C11H19N3S. The van der Waals surface area contributed by atoms with Crippen LogP contribution in [0, 0.1) is 11.8 Å². The van der Waals surface area contributed by atoms with Gasteiger partial charge in [0, 0.05) is 18.1 Å². The predicted molar refractivity (Wildman–Crippen MR) is 64.1 cm³/mol. The van der Waals surface area contributed by atoms with Crippen LogP contribution in [0.3, 0.4) is 0 Å². The number of thiazole rings is 1. The molecule has 1 unspecified atom stereocenters. The minimum Gasteiger partial charge on any atom is -0.316 e. The van der Waals surface area contributed by atoms with E-state index in [0.717, 1.165) is 31.5 Å². The fourth-order valence-corrected chi connectivity index (χ4v) is 2.67. The summed E-state index contributed by atoms with van der Waals surface area (Å²) < 4.78 is 0. The third kappa shape index (κ3) is 2.77. The summed E-state index contributed by atoms with van der Waals surface area (Å²) in [7, 11) is 0. The Morgan fingerprint density at radius 2 is 2.53 bits per heavy atom. The quantitative estimate of drug-likeness (QED) is 0.818. The van der Waals surface area contributed by atoms with Crippen LogP contribution in [-0.2, 0) is 0 Å². The molecule has 0 saturated carbocycles. The lowest BCUT2D eigenvalue weighted by atomic mass is 9.98. The molecule has 0 spiro atoms. The molecule has 4 heteroatoms. The lowest BCUT2D eigenvalue weighted by Crippen LogP contribution is -2.29. The molecule has 2 rings (SSSR count). The molecule has 1 aromatic heterocycles. The molecule has 2 N–H and O–H groups in total. The molecule has 0 aliphatic carbocycles. The van der Waals surface area contributed by atoms with Crippen LogP contribution in [0.5, 0.6) is 0 Å². The predicted octanol–water partition coefficient (Wildman–Crippen LogP) is 1.65. The fourth-order valence-electron chi connectivity index (χ4n) is 2.00. The first kappa shape index (κ1) is 11.0. The molecule has 0 radical (unpaired) electrons. The number of aromatic nitrogens is 1. The monoisotopic (exact) mass is 225 g/mol. The van der Waals surface area contributed by atoms with Gasteiger partial charge in [0.05, 0.1) is 6.04 Å². The van der Waals surface area contributed by atoms with Crippen LogP contribution < -0.4 is 10.6 Å². The van der Waals surface area contributed by atoms with Crippen molar-refractivity contribution in [3.8, 4) is 0 Å². The van der Waals surface area contributed by atoms with Crippen molar-refractivity contribution in [1.82, 2.24) is 15.6 Å². The van der Waals surface area contributed by atoms with Gasteiger partial charge in [0.2, 0.25) is 0 Å². The Hall–Kier alpha value is -0.450. The van der Waals surface area contributed by atoms with Crippen LogP contribution in [0.4, 0.5) is 0 Å². The van der Waals surface area contributed by atoms with Gasteiger partial charge < -0.3 is 10.6 Å². The number of nitrogens with zero attached hydrogens (tertiary/aromatic N) is 1. The van der Waals surface area contributed by atoms with Crippen LogP contribution in [0.1, 0.15) is 24.9 Å². The van der Waals surface area contributed by atoms with E-state index < -0.39 is 0 Å². The highest BCUT2D eigenvalue weighted by molar-refractivity contribution is 7.09. The van der Waals surface area contributed by atoms with Crippen LogP contribution in [0.15, 0.2) is 11.6 Å². The zero-order valence-corrected chi connectivity index (χ0v) is 10.2. The molecule has 3 nitrogen and oxygen atoms in total. The van der Waals surface area contributed by atoms with Crippen molar-refractivity contribution in [2.45, 2.75) is 19.9 Å². The summed E-state index contributed by atoms with van der Waals surface area (Å²) in [6.45, 7) is 7.91. The zero-order valence-electron chi connectivity index (χ0n) is 9.36. The molecule has 1 saturated heterocycles. The van der Waals surface area contributed by atoms with E-state index in [-0.39, 0.29) is 0 Å². The molecule has 15 heavy (non-hydrogen) atoms. The van der Waals surface area contributed by atoms with E-state index in [9.17, 15) is 0 Å². The van der Waals surface area contributed by atoms with Crippen molar-refractivity contribution in [1.29, 1.82) is 0 Å². The van der Waals surface area contributed by atoms with Gasteiger partial charge in [0.25, 0.3) is 0 Å². The Labute approximate surface area is 95.3 Å². The standard InChI is InChI=1S/C11H19N3S/c1-8-5-12-6-10(8)7-14-9(2)11-13-3-4-15-11/h3-4,8-10,12,14H,5-7H2,1-2H3/t8-,9?,10+/m1/s1. The second-order valence-electron chi connectivity index (χ2n) is 4.40. The summed E-state index contributed by atoms with van der Waals surface area (Å²) in [6, 6.07) is 0.387. The summed E-state index contributed by atoms with van der Waals surface area (Å²) in [5, 5.41) is 10.2. The van der Waals surface area contributed by atoms with Gasteiger partial charge in [0.15, 0.2) is 0 Å². The van der Waals surface area contributed by atoms with Gasteiger partial charge in [-0.05, 0) is 31.8 Å². The van der Waals surface area contributed by atoms with E-state index in [1.807, 2.05) is 11.6 Å². The summed E-state index contributed by atoms with van der Waals surface area (Å²) in [6.07, 6.45) is 1.87. The van der Waals surface area contributed by atoms with Crippen LogP contribution in [0.25, 0.3) is 0 Å². The minimum absolute atomic E-state index is 0.387. The molecule has 0 amide bonds. The van der Waals surface area contributed by atoms with E-state index >= 15 is 0 Å². The second kappa shape index (κ2) is 5.05. The molecule has 3 atom stereocenters. The summed E-state index contributed by atoms with van der Waals surface area (Å²) in [5.74, 6) is 1.56. The lowest BCUT2D eigenvalue weighted by Gasteiger charge is -2.18. The van der Waals surface area contributed by atoms with Crippen molar-refractivity contribution in [2.24, 2.45) is 11.8 Å². The molecule has 1 aromatic rings. The molecule has 1 fully saturated rings. The average molecular weight is 225 g/mol. The van der Waals surface area contributed by atoms with E-state index in [2.05, 4.69) is 29.5 Å². The van der Waals surface area contributed by atoms with Gasteiger partial charge in [-0.3, -0.25) is 0 Å². The Balaban J connectivity index is 1.78. The van der Waals surface area contributed by atoms with Gasteiger partial charge in [-0.1, -0.05) is 6.92 Å². The maximum absolute atomic E-state index is 4.32. The molecular weight excluding hydrogens is 206 g/mol. The third-order valence-electron chi connectivity index (χ3n) is 3.19. The van der Waals surface area contributed by atoms with Crippen LogP contribution >= 0.6 is 11.3 Å². The van der Waals surface area contributed by atoms with E-state index in [1.165, 1.54) is 5.01 Å². The molecule has 1 aliphatic heterocycles. The van der Waals surface area contributed by atoms with Gasteiger partial charge in [-0.25, -0.2) is 4.98 Å². The molecule has 84 valence electrons. The van der Waals surface area contributed by atoms with E-state index in [1.54, 1.807) is 11.3 Å². The van der Waals surface area contributed by atoms with Gasteiger partial charge in [-0.15, -0.1) is 11.3 Å². The second-order valence-corrected chi connectivity index (χ2v) is 5.32. The molecule has 2 heterocycles. The maximum Gasteiger partial charge on any atom is 0.109 e. The molecule has 1 aliphatic rings. The van der Waals surface area contributed by atoms with E-state index in [4.69, 9.17) is 0 Å². The van der Waals surface area contributed by atoms with Gasteiger partial charge in [0.1, 0.15) is 5.01 Å². The topological polar surface area (TPSA) is 37.0 Å². The summed E-state index contributed by atoms with van der Waals surface area (Å²) >= 11 is 1.73. The largest absolute Gasteiger partial charge is 0.316 e. The minimum atomic E-state index is 0.387. The van der Waals surface area contributed by atoms with Gasteiger partial charge >= 0.3 is 0 Å². The van der Waals surface area contributed by atoms with Crippen LogP contribution in [-0.4, -0.2) is 24.6 Å². The highest BCUT2D eigenvalue weighted by Gasteiger charge is 2.23. The SMILES string of the molecule is CC(NC[C@@H]1CNC[C@H]1C)c1nccs1. The Morgan fingerprint density at radius 1 is 1.67 bits per heavy atom. The first-order valence-corrected chi connectivity index (χ1v) is 6.49. The van der Waals surface area contributed by atoms with Crippen molar-refractivity contribution >= 4 is 11.3 Å². The van der Waals surface area contributed by atoms with Crippen molar-refractivity contribution in [3.05, 3.63) is 16.6 Å². The maximum atomic E-state index is 4.32. The first-order valence-electron chi connectivity index (χ1n) is 5.61. The normalized spacial score (nSPS) is 28.1. The fraction of sp³-hybridized carbons (Fsp3) is 0.727. The highest BCUT2D eigenvalue weighted by atomic mass is 32.1. The number of nitrogens with one attached hydrogen (secondary N) is 2. The number of rotatable bonds is 4. The summed E-state index contributed by atoms with van der Waals surface area (Å²) in [4.78, 5) is 4.32. The van der Waals surface area contributed by atoms with Crippen molar-refractivity contribution < 1.29 is 0 Å². The van der Waals surface area contributed by atoms with Gasteiger partial charge in [-0.2, -0.15) is 0 Å². The highest BCUT2D eigenvalue weighted by Crippen LogP contribution is 2.18. The first-order chi connectivity index (χ1) is 7.27. The molecule has 0 bridgehead atoms. The van der Waals surface area contributed by atoms with Crippen LogP contribution in [0.2, 0.25) is 0 Å². The summed E-state index contributed by atoms with van der Waals surface area (Å²) in [5.41, 5.74) is 0.